The number of hydrogen-bond acceptors (Lipinski definition) is 2. The third-order valence-corrected chi connectivity index (χ3v) is 4.67. The zero-order chi connectivity index (χ0) is 16.3. The molecule has 1 aromatic rings. The molecule has 0 saturated carbocycles. The molecule has 0 fully saturated rings. The first-order valence-electron chi connectivity index (χ1n) is 7.78. The Kier molecular flexibility index (Phi) is 5.58. The number of carbonyl (C=O) groups is 1. The van der Waals surface area contributed by atoms with Crippen LogP contribution in [0.5, 0.6) is 0 Å². The zero-order valence-electron chi connectivity index (χ0n) is 13.3. The average molecular weight is 416 g/mol. The van der Waals surface area contributed by atoms with E-state index in [1.54, 1.807) is 12.1 Å². The van der Waals surface area contributed by atoms with Gasteiger partial charge in [0.1, 0.15) is 11.7 Å². The Morgan fingerprint density at radius 1 is 1.32 bits per heavy atom. The summed E-state index contributed by atoms with van der Waals surface area (Å²) in [6.45, 7) is 6.09. The Morgan fingerprint density at radius 3 is 2.45 bits per heavy atom. The third-order valence-electron chi connectivity index (χ3n) is 4.11. The van der Waals surface area contributed by atoms with Crippen molar-refractivity contribution in [3.8, 4) is 0 Å². The van der Waals surface area contributed by atoms with Crippen molar-refractivity contribution in [3.63, 3.8) is 0 Å². The fraction of sp³-hybridized carbons (Fsp3) is 0.529. The SMILES string of the molecule is CCCCC1=NC(CC)(c2ccc(F)cc2)C(=O)N1C(C)I. The first-order valence-corrected chi connectivity index (χ1v) is 9.03. The Hall–Kier alpha value is -0.980. The standard InChI is InChI=1S/C17H22FIN2O/c1-4-6-7-15-20-17(5-2,16(22)21(15)12(3)19)13-8-10-14(18)11-9-13/h8-12H,4-7H2,1-3H3. The number of amides is 1. The van der Waals surface area contributed by atoms with Gasteiger partial charge < -0.3 is 0 Å². The summed E-state index contributed by atoms with van der Waals surface area (Å²) in [7, 11) is 0. The number of benzene rings is 1. The van der Waals surface area contributed by atoms with Crippen LogP contribution in [0.1, 0.15) is 52.0 Å². The van der Waals surface area contributed by atoms with Crippen molar-refractivity contribution in [2.45, 2.75) is 56.0 Å². The molecule has 0 radical (unpaired) electrons. The van der Waals surface area contributed by atoms with Gasteiger partial charge in [0.2, 0.25) is 0 Å². The molecule has 1 heterocycles. The Bertz CT molecular complexity index is 571. The summed E-state index contributed by atoms with van der Waals surface area (Å²) < 4.78 is 13.3. The molecule has 5 heteroatoms. The number of alkyl halides is 1. The van der Waals surface area contributed by atoms with Crippen molar-refractivity contribution >= 4 is 34.3 Å². The molecule has 2 unspecified atom stereocenters. The largest absolute Gasteiger partial charge is 0.286 e. The quantitative estimate of drug-likeness (QED) is 0.378. The highest BCUT2D eigenvalue weighted by Crippen LogP contribution is 2.39. The van der Waals surface area contributed by atoms with Crippen molar-refractivity contribution in [1.29, 1.82) is 0 Å². The highest BCUT2D eigenvalue weighted by molar-refractivity contribution is 14.1. The number of aliphatic imine (C=N–C) groups is 1. The summed E-state index contributed by atoms with van der Waals surface area (Å²) in [6.07, 6.45) is 3.45. The van der Waals surface area contributed by atoms with Crippen molar-refractivity contribution < 1.29 is 9.18 Å². The van der Waals surface area contributed by atoms with Crippen LogP contribution in [0.15, 0.2) is 29.3 Å². The van der Waals surface area contributed by atoms with E-state index in [0.717, 1.165) is 30.7 Å². The van der Waals surface area contributed by atoms with Gasteiger partial charge in [-0.2, -0.15) is 0 Å². The second kappa shape index (κ2) is 7.06. The van der Waals surface area contributed by atoms with E-state index in [2.05, 4.69) is 29.5 Å². The van der Waals surface area contributed by atoms with Gasteiger partial charge in [-0.1, -0.05) is 55.0 Å². The molecular formula is C17H22FIN2O. The second-order valence-corrected chi connectivity index (χ2v) is 7.40. The highest BCUT2D eigenvalue weighted by Gasteiger charge is 2.48. The van der Waals surface area contributed by atoms with Crippen LogP contribution in [0.4, 0.5) is 4.39 Å². The summed E-state index contributed by atoms with van der Waals surface area (Å²) in [5.41, 5.74) is -0.120. The predicted molar refractivity (Wildman–Crippen MR) is 95.7 cm³/mol. The lowest BCUT2D eigenvalue weighted by molar-refractivity contribution is -0.131. The van der Waals surface area contributed by atoms with Crippen LogP contribution in [0.25, 0.3) is 0 Å². The molecule has 0 aliphatic carbocycles. The van der Waals surface area contributed by atoms with Gasteiger partial charge in [-0.05, 0) is 37.5 Å². The van der Waals surface area contributed by atoms with Crippen LogP contribution in [0, 0.1) is 5.82 Å². The minimum atomic E-state index is -0.893. The van der Waals surface area contributed by atoms with Crippen molar-refractivity contribution in [2.75, 3.05) is 0 Å². The average Bonchev–Trinajstić information content (AvgIpc) is 2.79. The zero-order valence-corrected chi connectivity index (χ0v) is 15.4. The number of nitrogens with zero attached hydrogens (tertiary/aromatic N) is 2. The van der Waals surface area contributed by atoms with E-state index in [0.29, 0.717) is 6.42 Å². The molecule has 1 aliphatic heterocycles. The van der Waals surface area contributed by atoms with E-state index >= 15 is 0 Å². The van der Waals surface area contributed by atoms with Crippen LogP contribution in [-0.4, -0.2) is 20.7 Å². The number of hydrogen-bond donors (Lipinski definition) is 0. The van der Waals surface area contributed by atoms with Gasteiger partial charge in [-0.25, -0.2) is 4.39 Å². The number of unbranched alkanes of at least 4 members (excludes halogenated alkanes) is 1. The van der Waals surface area contributed by atoms with Crippen molar-refractivity contribution in [1.82, 2.24) is 4.90 Å². The van der Waals surface area contributed by atoms with Gasteiger partial charge in [-0.15, -0.1) is 0 Å². The van der Waals surface area contributed by atoms with Crippen molar-refractivity contribution in [2.24, 2.45) is 4.99 Å². The maximum absolute atomic E-state index is 13.2. The number of halogens is 2. The Balaban J connectivity index is 2.47. The van der Waals surface area contributed by atoms with Gasteiger partial charge in [0.05, 0.1) is 4.05 Å². The van der Waals surface area contributed by atoms with Crippen LogP contribution in [0.2, 0.25) is 0 Å². The molecule has 0 aromatic heterocycles. The summed E-state index contributed by atoms with van der Waals surface area (Å²) in [5, 5.41) is 0. The Labute approximate surface area is 145 Å². The van der Waals surface area contributed by atoms with E-state index in [1.807, 2.05) is 18.7 Å². The smallest absolute Gasteiger partial charge is 0.261 e. The fourth-order valence-electron chi connectivity index (χ4n) is 2.86. The number of rotatable bonds is 6. The molecule has 0 saturated heterocycles. The molecule has 1 aromatic carbocycles. The molecule has 0 N–H and O–H groups in total. The molecule has 120 valence electrons. The molecule has 1 amide bonds. The van der Waals surface area contributed by atoms with Gasteiger partial charge in [-0.3, -0.25) is 14.7 Å². The van der Waals surface area contributed by atoms with Crippen LogP contribution >= 0.6 is 22.6 Å². The lowest BCUT2D eigenvalue weighted by Crippen LogP contribution is -2.43. The van der Waals surface area contributed by atoms with Gasteiger partial charge in [0, 0.05) is 6.42 Å². The second-order valence-electron chi connectivity index (χ2n) is 5.60. The summed E-state index contributed by atoms with van der Waals surface area (Å²) in [4.78, 5) is 19.7. The van der Waals surface area contributed by atoms with Crippen molar-refractivity contribution in [3.05, 3.63) is 35.6 Å². The molecule has 1 aliphatic rings. The van der Waals surface area contributed by atoms with E-state index in [1.165, 1.54) is 12.1 Å². The predicted octanol–water partition coefficient (Wildman–Crippen LogP) is 4.64. The topological polar surface area (TPSA) is 32.7 Å². The Morgan fingerprint density at radius 2 is 1.95 bits per heavy atom. The first kappa shape index (κ1) is 17.4. The number of amidine groups is 1. The molecule has 22 heavy (non-hydrogen) atoms. The van der Waals surface area contributed by atoms with E-state index < -0.39 is 5.54 Å². The minimum absolute atomic E-state index is 0.00890. The van der Waals surface area contributed by atoms with Crippen LogP contribution < -0.4 is 0 Å². The van der Waals surface area contributed by atoms with Crippen LogP contribution in [-0.2, 0) is 10.3 Å². The molecular weight excluding hydrogens is 394 g/mol. The summed E-state index contributed by atoms with van der Waals surface area (Å²) >= 11 is 2.25. The maximum Gasteiger partial charge on any atom is 0.261 e. The highest BCUT2D eigenvalue weighted by atomic mass is 127. The molecule has 0 spiro atoms. The third kappa shape index (κ3) is 3.05. The molecule has 2 atom stereocenters. The fourth-order valence-corrected chi connectivity index (χ4v) is 3.44. The normalized spacial score (nSPS) is 22.9. The van der Waals surface area contributed by atoms with E-state index in [-0.39, 0.29) is 15.8 Å². The van der Waals surface area contributed by atoms with E-state index in [9.17, 15) is 9.18 Å². The lowest BCUT2D eigenvalue weighted by Gasteiger charge is -2.27. The first-order chi connectivity index (χ1) is 10.5. The lowest BCUT2D eigenvalue weighted by atomic mass is 9.87. The van der Waals surface area contributed by atoms with Gasteiger partial charge >= 0.3 is 0 Å². The number of carbonyl (C=O) groups excluding carboxylic acids is 1. The molecule has 0 bridgehead atoms. The van der Waals surface area contributed by atoms with Crippen LogP contribution in [0.3, 0.4) is 0 Å². The monoisotopic (exact) mass is 416 g/mol. The molecule has 2 rings (SSSR count). The minimum Gasteiger partial charge on any atom is -0.286 e. The summed E-state index contributed by atoms with van der Waals surface area (Å²) in [5.74, 6) is 0.573. The molecule has 3 nitrogen and oxygen atoms in total. The van der Waals surface area contributed by atoms with Gasteiger partial charge in [0.25, 0.3) is 5.91 Å². The van der Waals surface area contributed by atoms with E-state index in [4.69, 9.17) is 4.99 Å². The summed E-state index contributed by atoms with van der Waals surface area (Å²) in [6, 6.07) is 6.16. The van der Waals surface area contributed by atoms with Gasteiger partial charge in [0.15, 0.2) is 5.54 Å². The maximum atomic E-state index is 13.2.